The topological polar surface area (TPSA) is 97.8 Å². The van der Waals surface area contributed by atoms with E-state index in [0.717, 1.165) is 16.9 Å². The lowest BCUT2D eigenvalue weighted by Crippen LogP contribution is -2.42. The molecular formula is C27H29N3O4. The molecule has 1 aliphatic carbocycles. The molecule has 2 aromatic rings. The fraction of sp³-hybridized carbons (Fsp3) is 0.333. The average Bonchev–Trinajstić information content (AvgIpc) is 2.82. The van der Waals surface area contributed by atoms with E-state index in [0.29, 0.717) is 47.1 Å². The Kier molecular flexibility index (Phi) is 6.01. The van der Waals surface area contributed by atoms with Gasteiger partial charge in [0.2, 0.25) is 0 Å². The van der Waals surface area contributed by atoms with Crippen molar-refractivity contribution in [2.45, 2.75) is 32.6 Å². The SMILES string of the molecule is COc1ccc(N2C(N)=C(C#N)[C@H](c3ccc(OC)c(OC)c3)C3=C2CC(C)(C)CC3=O)cc1. The summed E-state index contributed by atoms with van der Waals surface area (Å²) >= 11 is 0. The van der Waals surface area contributed by atoms with Gasteiger partial charge in [0.25, 0.3) is 0 Å². The minimum absolute atomic E-state index is 0.0183. The van der Waals surface area contributed by atoms with E-state index in [1.54, 1.807) is 27.4 Å². The third kappa shape index (κ3) is 3.86. The number of Topliss-reactive ketones (excluding diaryl/α,β-unsaturated/α-hetero) is 1. The van der Waals surface area contributed by atoms with Crippen molar-refractivity contribution in [3.05, 3.63) is 70.7 Å². The van der Waals surface area contributed by atoms with E-state index in [1.807, 2.05) is 41.3 Å². The zero-order valence-corrected chi connectivity index (χ0v) is 20.1. The van der Waals surface area contributed by atoms with Crippen molar-refractivity contribution in [2.75, 3.05) is 26.2 Å². The van der Waals surface area contributed by atoms with Gasteiger partial charge in [-0.25, -0.2) is 0 Å². The lowest BCUT2D eigenvalue weighted by atomic mass is 9.68. The van der Waals surface area contributed by atoms with E-state index in [2.05, 4.69) is 19.9 Å². The smallest absolute Gasteiger partial charge is 0.162 e. The van der Waals surface area contributed by atoms with Gasteiger partial charge in [-0.05, 0) is 53.8 Å². The van der Waals surface area contributed by atoms with Crippen LogP contribution in [0, 0.1) is 16.7 Å². The van der Waals surface area contributed by atoms with Crippen molar-refractivity contribution in [2.24, 2.45) is 11.1 Å². The Morgan fingerprint density at radius 1 is 1.00 bits per heavy atom. The van der Waals surface area contributed by atoms with Crippen LogP contribution in [-0.2, 0) is 4.79 Å². The Balaban J connectivity index is 1.96. The van der Waals surface area contributed by atoms with E-state index >= 15 is 0 Å². The quantitative estimate of drug-likeness (QED) is 0.695. The molecule has 0 spiro atoms. The molecular weight excluding hydrogens is 430 g/mol. The van der Waals surface area contributed by atoms with Crippen LogP contribution in [0.15, 0.2) is 65.1 Å². The first-order chi connectivity index (χ1) is 16.2. The van der Waals surface area contributed by atoms with Crippen LogP contribution < -0.4 is 24.8 Å². The molecule has 1 atom stereocenters. The second kappa shape index (κ2) is 8.79. The molecule has 0 saturated heterocycles. The molecule has 0 unspecified atom stereocenters. The number of nitriles is 1. The molecule has 1 heterocycles. The molecule has 0 amide bonds. The summed E-state index contributed by atoms with van der Waals surface area (Å²) in [5.74, 6) is 1.56. The number of benzene rings is 2. The predicted molar refractivity (Wildman–Crippen MR) is 130 cm³/mol. The zero-order valence-electron chi connectivity index (χ0n) is 20.1. The van der Waals surface area contributed by atoms with E-state index in [-0.39, 0.29) is 11.2 Å². The van der Waals surface area contributed by atoms with Crippen molar-refractivity contribution in [3.8, 4) is 23.3 Å². The van der Waals surface area contributed by atoms with E-state index in [4.69, 9.17) is 19.9 Å². The maximum absolute atomic E-state index is 13.6. The minimum Gasteiger partial charge on any atom is -0.497 e. The van der Waals surface area contributed by atoms with Crippen LogP contribution >= 0.6 is 0 Å². The van der Waals surface area contributed by atoms with E-state index in [1.165, 1.54) is 0 Å². The highest BCUT2D eigenvalue weighted by Gasteiger charge is 2.44. The molecule has 34 heavy (non-hydrogen) atoms. The number of carbonyl (C=O) groups is 1. The lowest BCUT2D eigenvalue weighted by molar-refractivity contribution is -0.118. The van der Waals surface area contributed by atoms with Crippen molar-refractivity contribution in [1.82, 2.24) is 0 Å². The molecule has 2 aromatic carbocycles. The molecule has 7 nitrogen and oxygen atoms in total. The van der Waals surface area contributed by atoms with Crippen molar-refractivity contribution in [3.63, 3.8) is 0 Å². The average molecular weight is 460 g/mol. The molecule has 4 rings (SSSR count). The summed E-state index contributed by atoms with van der Waals surface area (Å²) in [5.41, 5.74) is 9.72. The molecule has 1 aliphatic heterocycles. The number of ketones is 1. The molecule has 7 heteroatoms. The minimum atomic E-state index is -0.585. The molecule has 0 bridgehead atoms. The molecule has 0 radical (unpaired) electrons. The van der Waals surface area contributed by atoms with Crippen LogP contribution in [0.4, 0.5) is 5.69 Å². The Hall–Kier alpha value is -3.92. The normalized spacial score (nSPS) is 19.5. The lowest BCUT2D eigenvalue weighted by Gasteiger charge is -2.43. The highest BCUT2D eigenvalue weighted by molar-refractivity contribution is 6.01. The fourth-order valence-corrected chi connectivity index (χ4v) is 4.90. The molecule has 2 N–H and O–H groups in total. The van der Waals surface area contributed by atoms with E-state index < -0.39 is 5.92 Å². The Morgan fingerprint density at radius 2 is 1.68 bits per heavy atom. The van der Waals surface area contributed by atoms with Crippen molar-refractivity contribution < 1.29 is 19.0 Å². The van der Waals surface area contributed by atoms with Gasteiger partial charge in [-0.15, -0.1) is 0 Å². The van der Waals surface area contributed by atoms with Crippen molar-refractivity contribution in [1.29, 1.82) is 5.26 Å². The number of nitrogens with zero attached hydrogens (tertiary/aromatic N) is 2. The van der Waals surface area contributed by atoms with Crippen LogP contribution in [-0.4, -0.2) is 27.1 Å². The molecule has 0 saturated carbocycles. The number of rotatable bonds is 5. The number of nitrogens with two attached hydrogens (primary N) is 1. The van der Waals surface area contributed by atoms with Crippen molar-refractivity contribution >= 4 is 11.5 Å². The number of anilines is 1. The number of hydrogen-bond donors (Lipinski definition) is 1. The van der Waals surface area contributed by atoms with Gasteiger partial charge in [0.1, 0.15) is 11.6 Å². The second-order valence-corrected chi connectivity index (χ2v) is 9.29. The zero-order chi connectivity index (χ0) is 24.6. The number of methoxy groups -OCH3 is 3. The third-order valence-corrected chi connectivity index (χ3v) is 6.45. The summed E-state index contributed by atoms with van der Waals surface area (Å²) in [5, 5.41) is 10.2. The standard InChI is InChI=1S/C27H29N3O4/c1-27(2)13-20-25(21(31)14-27)24(16-6-11-22(33-4)23(12-16)34-5)19(15-28)26(29)30(20)17-7-9-18(32-3)10-8-17/h6-12,24H,13-14,29H2,1-5H3/t24-/m0/s1. The van der Waals surface area contributed by atoms with Crippen LogP contribution in [0.5, 0.6) is 17.2 Å². The maximum atomic E-state index is 13.6. The molecule has 2 aliphatic rings. The first-order valence-corrected chi connectivity index (χ1v) is 11.1. The maximum Gasteiger partial charge on any atom is 0.162 e. The summed E-state index contributed by atoms with van der Waals surface area (Å²) < 4.78 is 16.2. The number of hydrogen-bond acceptors (Lipinski definition) is 7. The van der Waals surface area contributed by atoms with Crippen LogP contribution in [0.3, 0.4) is 0 Å². The van der Waals surface area contributed by atoms with Gasteiger partial charge >= 0.3 is 0 Å². The van der Waals surface area contributed by atoms with Crippen LogP contribution in [0.1, 0.15) is 38.2 Å². The molecule has 0 fully saturated rings. The van der Waals surface area contributed by atoms with Gasteiger partial charge < -0.3 is 19.9 Å². The highest BCUT2D eigenvalue weighted by atomic mass is 16.5. The van der Waals surface area contributed by atoms with Gasteiger partial charge in [-0.2, -0.15) is 5.26 Å². The van der Waals surface area contributed by atoms with Gasteiger partial charge in [-0.3, -0.25) is 9.69 Å². The van der Waals surface area contributed by atoms with Gasteiger partial charge in [0, 0.05) is 23.4 Å². The van der Waals surface area contributed by atoms with Crippen LogP contribution in [0.2, 0.25) is 0 Å². The Morgan fingerprint density at radius 3 is 2.26 bits per heavy atom. The first-order valence-electron chi connectivity index (χ1n) is 11.1. The summed E-state index contributed by atoms with van der Waals surface area (Å²) in [7, 11) is 4.73. The summed E-state index contributed by atoms with van der Waals surface area (Å²) in [4.78, 5) is 15.5. The Bertz CT molecular complexity index is 1240. The Labute approximate surface area is 200 Å². The predicted octanol–water partition coefficient (Wildman–Crippen LogP) is 4.65. The number of carbonyl (C=O) groups excluding carboxylic acids is 1. The second-order valence-electron chi connectivity index (χ2n) is 9.29. The fourth-order valence-electron chi connectivity index (χ4n) is 4.90. The molecule has 176 valence electrons. The highest BCUT2D eigenvalue weighted by Crippen LogP contribution is 2.51. The largest absolute Gasteiger partial charge is 0.497 e. The summed E-state index contributed by atoms with van der Waals surface area (Å²) in [6, 6.07) is 15.2. The van der Waals surface area contributed by atoms with Crippen LogP contribution in [0.25, 0.3) is 0 Å². The van der Waals surface area contributed by atoms with Gasteiger partial charge in [0.05, 0.1) is 38.9 Å². The van der Waals surface area contributed by atoms with Gasteiger partial charge in [0.15, 0.2) is 17.3 Å². The summed E-state index contributed by atoms with van der Waals surface area (Å²) in [6.07, 6.45) is 1.04. The molecule has 0 aromatic heterocycles. The first kappa shape index (κ1) is 23.2. The van der Waals surface area contributed by atoms with Gasteiger partial charge in [-0.1, -0.05) is 19.9 Å². The third-order valence-electron chi connectivity index (χ3n) is 6.45. The monoisotopic (exact) mass is 459 g/mol. The number of ether oxygens (including phenoxy) is 3. The summed E-state index contributed by atoms with van der Waals surface area (Å²) in [6.45, 7) is 4.15. The van der Waals surface area contributed by atoms with E-state index in [9.17, 15) is 10.1 Å². The number of allylic oxidation sites excluding steroid dienone is 3.